The lowest BCUT2D eigenvalue weighted by atomic mass is 9.99. The molecular weight excluding hydrogens is 182 g/mol. The Bertz CT molecular complexity index is 246. The van der Waals surface area contributed by atoms with Gasteiger partial charge >= 0.3 is 0 Å². The first kappa shape index (κ1) is 14.2. The molecular formula is C14H25N. The summed E-state index contributed by atoms with van der Waals surface area (Å²) in [7, 11) is 0. The van der Waals surface area contributed by atoms with E-state index in [4.69, 9.17) is 0 Å². The van der Waals surface area contributed by atoms with Crippen molar-refractivity contribution in [3.05, 3.63) is 23.9 Å². The van der Waals surface area contributed by atoms with Crippen LogP contribution in [0.2, 0.25) is 0 Å². The molecule has 0 radical (unpaired) electrons. The van der Waals surface area contributed by atoms with Gasteiger partial charge in [-0.2, -0.15) is 0 Å². The molecule has 0 N–H and O–H groups in total. The Morgan fingerprint density at radius 2 is 1.93 bits per heavy atom. The van der Waals surface area contributed by atoms with Crippen molar-refractivity contribution in [3.63, 3.8) is 0 Å². The molecule has 0 bridgehead atoms. The topological polar surface area (TPSA) is 12.4 Å². The molecule has 0 aliphatic heterocycles. The maximum absolute atomic E-state index is 4.37. The summed E-state index contributed by atoms with van der Waals surface area (Å²) in [6, 6.07) is 0. The van der Waals surface area contributed by atoms with Crippen LogP contribution in [0.1, 0.15) is 47.5 Å². The van der Waals surface area contributed by atoms with E-state index in [0.29, 0.717) is 11.8 Å². The summed E-state index contributed by atoms with van der Waals surface area (Å²) in [6.07, 6.45) is 6.19. The van der Waals surface area contributed by atoms with Gasteiger partial charge in [0.2, 0.25) is 0 Å². The molecule has 0 spiro atoms. The van der Waals surface area contributed by atoms with E-state index in [1.165, 1.54) is 5.57 Å². The van der Waals surface area contributed by atoms with Crippen LogP contribution in [0.5, 0.6) is 0 Å². The molecule has 86 valence electrons. The lowest BCUT2D eigenvalue weighted by Gasteiger charge is -2.08. The second kappa shape index (κ2) is 7.44. The summed E-state index contributed by atoms with van der Waals surface area (Å²) in [5.41, 5.74) is 2.40. The monoisotopic (exact) mass is 207 g/mol. The third-order valence-corrected chi connectivity index (χ3v) is 2.39. The van der Waals surface area contributed by atoms with E-state index in [1.807, 2.05) is 19.3 Å². The van der Waals surface area contributed by atoms with E-state index in [2.05, 4.69) is 39.3 Å². The summed E-state index contributed by atoms with van der Waals surface area (Å²) in [5.74, 6) is 1.22. The molecule has 0 aliphatic carbocycles. The zero-order valence-corrected chi connectivity index (χ0v) is 10.9. The SMILES string of the molecule is C=C(C)/C(=C\N=C/C(C)CC)CC(C)C. The molecule has 1 nitrogen and oxygen atoms in total. The summed E-state index contributed by atoms with van der Waals surface area (Å²) in [6.45, 7) is 14.8. The predicted octanol–water partition coefficient (Wildman–Crippen LogP) is 4.61. The van der Waals surface area contributed by atoms with Crippen LogP contribution in [0.3, 0.4) is 0 Å². The maximum atomic E-state index is 4.37. The largest absolute Gasteiger partial charge is 0.269 e. The molecule has 0 aromatic carbocycles. The molecule has 0 aromatic heterocycles. The molecule has 0 rings (SSSR count). The molecule has 15 heavy (non-hydrogen) atoms. The Balaban J connectivity index is 4.42. The standard InChI is InChI=1S/C14H25N/c1-7-13(6)9-15-10-14(12(4)5)8-11(2)3/h9-11,13H,4,7-8H2,1-3,5-6H3/b14-10-,15-9-. The molecule has 0 saturated heterocycles. The van der Waals surface area contributed by atoms with Crippen molar-refractivity contribution in [2.45, 2.75) is 47.5 Å². The molecule has 0 fully saturated rings. The highest BCUT2D eigenvalue weighted by Crippen LogP contribution is 2.17. The average Bonchev–Trinajstić information content (AvgIpc) is 2.15. The van der Waals surface area contributed by atoms with E-state index in [-0.39, 0.29) is 0 Å². The van der Waals surface area contributed by atoms with Crippen molar-refractivity contribution in [2.75, 3.05) is 0 Å². The zero-order chi connectivity index (χ0) is 11.8. The fourth-order valence-corrected chi connectivity index (χ4v) is 1.16. The van der Waals surface area contributed by atoms with Gasteiger partial charge in [-0.25, -0.2) is 0 Å². The average molecular weight is 207 g/mol. The third kappa shape index (κ3) is 7.12. The summed E-state index contributed by atoms with van der Waals surface area (Å²) in [5, 5.41) is 0. The maximum Gasteiger partial charge on any atom is 0.0298 e. The van der Waals surface area contributed by atoms with Crippen LogP contribution < -0.4 is 0 Å². The van der Waals surface area contributed by atoms with Gasteiger partial charge in [0.1, 0.15) is 0 Å². The third-order valence-electron chi connectivity index (χ3n) is 2.39. The summed E-state index contributed by atoms with van der Waals surface area (Å²) < 4.78 is 0. The minimum atomic E-state index is 0.562. The fraction of sp³-hybridized carbons (Fsp3) is 0.643. The summed E-state index contributed by atoms with van der Waals surface area (Å²) in [4.78, 5) is 4.37. The highest BCUT2D eigenvalue weighted by molar-refractivity contribution is 5.61. The second-order valence-corrected chi connectivity index (χ2v) is 4.72. The molecule has 0 aromatic rings. The predicted molar refractivity (Wildman–Crippen MR) is 70.3 cm³/mol. The van der Waals surface area contributed by atoms with Gasteiger partial charge in [0.05, 0.1) is 0 Å². The normalized spacial score (nSPS) is 14.9. The van der Waals surface area contributed by atoms with Gasteiger partial charge in [0.25, 0.3) is 0 Å². The van der Waals surface area contributed by atoms with Crippen LogP contribution in [0.25, 0.3) is 0 Å². The molecule has 0 saturated carbocycles. The van der Waals surface area contributed by atoms with Crippen LogP contribution in [0.4, 0.5) is 0 Å². The minimum absolute atomic E-state index is 0.562. The quantitative estimate of drug-likeness (QED) is 0.445. The van der Waals surface area contributed by atoms with Gasteiger partial charge < -0.3 is 0 Å². The Hall–Kier alpha value is -0.850. The van der Waals surface area contributed by atoms with Crippen LogP contribution in [-0.2, 0) is 0 Å². The first-order valence-corrected chi connectivity index (χ1v) is 5.85. The van der Waals surface area contributed by atoms with E-state index >= 15 is 0 Å². The summed E-state index contributed by atoms with van der Waals surface area (Å²) >= 11 is 0. The first-order chi connectivity index (χ1) is 6.97. The van der Waals surface area contributed by atoms with Gasteiger partial charge in [0, 0.05) is 12.4 Å². The smallest absolute Gasteiger partial charge is 0.0298 e. The number of aliphatic imine (C=N–C) groups is 1. The van der Waals surface area contributed by atoms with Gasteiger partial charge in [-0.1, -0.05) is 39.8 Å². The van der Waals surface area contributed by atoms with Crippen molar-refractivity contribution in [1.82, 2.24) is 0 Å². The second-order valence-electron chi connectivity index (χ2n) is 4.72. The van der Waals surface area contributed by atoms with Gasteiger partial charge in [-0.05, 0) is 37.2 Å². The van der Waals surface area contributed by atoms with Gasteiger partial charge in [-0.15, -0.1) is 0 Å². The Labute approximate surface area is 95.0 Å². The van der Waals surface area contributed by atoms with Crippen LogP contribution >= 0.6 is 0 Å². The lowest BCUT2D eigenvalue weighted by molar-refractivity contribution is 0.645. The zero-order valence-electron chi connectivity index (χ0n) is 10.9. The van der Waals surface area contributed by atoms with E-state index in [1.54, 1.807) is 0 Å². The van der Waals surface area contributed by atoms with Gasteiger partial charge in [0.15, 0.2) is 0 Å². The molecule has 1 unspecified atom stereocenters. The first-order valence-electron chi connectivity index (χ1n) is 5.85. The van der Waals surface area contributed by atoms with Crippen molar-refractivity contribution in [2.24, 2.45) is 16.8 Å². The highest BCUT2D eigenvalue weighted by atomic mass is 14.7. The van der Waals surface area contributed by atoms with E-state index in [0.717, 1.165) is 18.4 Å². The van der Waals surface area contributed by atoms with Crippen molar-refractivity contribution in [1.29, 1.82) is 0 Å². The van der Waals surface area contributed by atoms with Crippen LogP contribution in [0.15, 0.2) is 28.9 Å². The minimum Gasteiger partial charge on any atom is -0.269 e. The lowest BCUT2D eigenvalue weighted by Crippen LogP contribution is -1.94. The van der Waals surface area contributed by atoms with Crippen LogP contribution in [-0.4, -0.2) is 6.21 Å². The molecule has 0 heterocycles. The van der Waals surface area contributed by atoms with Crippen molar-refractivity contribution in [3.8, 4) is 0 Å². The number of nitrogens with zero attached hydrogens (tertiary/aromatic N) is 1. The number of allylic oxidation sites excluding steroid dienone is 2. The molecule has 0 aliphatic rings. The Kier molecular flexibility index (Phi) is 7.02. The molecule has 0 amide bonds. The van der Waals surface area contributed by atoms with E-state index in [9.17, 15) is 0 Å². The van der Waals surface area contributed by atoms with Gasteiger partial charge in [-0.3, -0.25) is 4.99 Å². The van der Waals surface area contributed by atoms with E-state index < -0.39 is 0 Å². The fourth-order valence-electron chi connectivity index (χ4n) is 1.16. The van der Waals surface area contributed by atoms with Crippen molar-refractivity contribution < 1.29 is 0 Å². The van der Waals surface area contributed by atoms with Crippen LogP contribution in [0, 0.1) is 11.8 Å². The number of rotatable bonds is 6. The molecule has 1 heteroatoms. The highest BCUT2D eigenvalue weighted by Gasteiger charge is 2.01. The Morgan fingerprint density at radius 1 is 1.33 bits per heavy atom. The van der Waals surface area contributed by atoms with Crippen molar-refractivity contribution >= 4 is 6.21 Å². The number of hydrogen-bond acceptors (Lipinski definition) is 1. The molecule has 1 atom stereocenters. The number of hydrogen-bond donors (Lipinski definition) is 0. The Morgan fingerprint density at radius 3 is 2.33 bits per heavy atom.